The van der Waals surface area contributed by atoms with E-state index in [4.69, 9.17) is 4.84 Å². The van der Waals surface area contributed by atoms with Gasteiger partial charge >= 0.3 is 0 Å². The van der Waals surface area contributed by atoms with Crippen molar-refractivity contribution in [3.05, 3.63) is 72.1 Å². The maximum atomic E-state index is 13.0. The second kappa shape index (κ2) is 8.51. The Kier molecular flexibility index (Phi) is 5.88. The molecule has 140 valence electrons. The van der Waals surface area contributed by atoms with Crippen LogP contribution >= 0.6 is 0 Å². The van der Waals surface area contributed by atoms with Gasteiger partial charge in [-0.15, -0.1) is 0 Å². The van der Waals surface area contributed by atoms with Crippen molar-refractivity contribution in [2.45, 2.75) is 19.4 Å². The maximum absolute atomic E-state index is 13.0. The molecule has 0 radical (unpaired) electrons. The third kappa shape index (κ3) is 4.54. The Hall–Kier alpha value is -3.12. The van der Waals surface area contributed by atoms with Crippen LogP contribution in [-0.2, 0) is 9.63 Å². The van der Waals surface area contributed by atoms with Crippen LogP contribution in [0.3, 0.4) is 0 Å². The molecule has 0 aliphatic carbocycles. The van der Waals surface area contributed by atoms with Gasteiger partial charge < -0.3 is 10.2 Å². The van der Waals surface area contributed by atoms with Crippen LogP contribution < -0.4 is 10.8 Å². The van der Waals surface area contributed by atoms with E-state index in [1.807, 2.05) is 54.6 Å². The van der Waals surface area contributed by atoms with Crippen LogP contribution in [0.15, 0.2) is 66.5 Å². The van der Waals surface area contributed by atoms with Gasteiger partial charge in [0.05, 0.1) is 18.8 Å². The van der Waals surface area contributed by atoms with Crippen molar-refractivity contribution in [2.75, 3.05) is 13.7 Å². The molecule has 2 N–H and O–H groups in total. The van der Waals surface area contributed by atoms with Crippen molar-refractivity contribution in [1.82, 2.24) is 15.7 Å². The Labute approximate surface area is 158 Å². The van der Waals surface area contributed by atoms with Gasteiger partial charge in [0.2, 0.25) is 5.91 Å². The van der Waals surface area contributed by atoms with Crippen molar-refractivity contribution in [3.8, 4) is 11.1 Å². The summed E-state index contributed by atoms with van der Waals surface area (Å²) in [5.41, 5.74) is 6.33. The van der Waals surface area contributed by atoms with Crippen LogP contribution in [0, 0.1) is 0 Å². The third-order valence-corrected chi connectivity index (χ3v) is 4.44. The molecule has 0 fully saturated rings. The molecule has 0 saturated heterocycles. The summed E-state index contributed by atoms with van der Waals surface area (Å²) in [7, 11) is 1.52. The average molecular weight is 365 g/mol. The van der Waals surface area contributed by atoms with Crippen LogP contribution in [0.4, 0.5) is 0 Å². The minimum absolute atomic E-state index is 0.113. The van der Waals surface area contributed by atoms with Crippen LogP contribution in [-0.4, -0.2) is 36.4 Å². The molecule has 1 unspecified atom stereocenters. The van der Waals surface area contributed by atoms with Crippen molar-refractivity contribution in [2.24, 2.45) is 0 Å². The minimum atomic E-state index is -0.159. The molecule has 0 spiro atoms. The van der Waals surface area contributed by atoms with Gasteiger partial charge in [0, 0.05) is 31.7 Å². The van der Waals surface area contributed by atoms with E-state index in [0.717, 1.165) is 16.8 Å². The van der Waals surface area contributed by atoms with E-state index in [1.54, 1.807) is 11.1 Å². The molecule has 1 atom stereocenters. The first-order chi connectivity index (χ1) is 13.1. The van der Waals surface area contributed by atoms with E-state index >= 15 is 0 Å². The lowest BCUT2D eigenvalue weighted by Gasteiger charge is -2.23. The van der Waals surface area contributed by atoms with Gasteiger partial charge in [0.25, 0.3) is 5.91 Å². The van der Waals surface area contributed by atoms with E-state index in [1.165, 1.54) is 14.0 Å². The molecule has 2 amide bonds. The van der Waals surface area contributed by atoms with Crippen LogP contribution in [0.25, 0.3) is 11.1 Å². The zero-order chi connectivity index (χ0) is 19.2. The summed E-state index contributed by atoms with van der Waals surface area (Å²) in [5, 5.41) is 2.78. The predicted molar refractivity (Wildman–Crippen MR) is 103 cm³/mol. The van der Waals surface area contributed by atoms with Gasteiger partial charge in [-0.3, -0.25) is 19.9 Å². The first-order valence-electron chi connectivity index (χ1n) is 8.80. The van der Waals surface area contributed by atoms with Crippen molar-refractivity contribution in [3.63, 3.8) is 0 Å². The highest BCUT2D eigenvalue weighted by Crippen LogP contribution is 2.24. The Morgan fingerprint density at radius 3 is 2.37 bits per heavy atom. The quantitative estimate of drug-likeness (QED) is 0.772. The standard InChI is InChI=1S/C21H23N3O3/c1-15(25)22-13-20-12-19(23-27-2)14-24(20)21(26)18-10-8-17(9-11-18)16-6-4-3-5-7-16/h3-11,14,20,23H,12-13H2,1-2H3,(H,22,25). The lowest BCUT2D eigenvalue weighted by Crippen LogP contribution is -2.41. The molecular weight excluding hydrogens is 342 g/mol. The van der Waals surface area contributed by atoms with Gasteiger partial charge in [-0.1, -0.05) is 42.5 Å². The molecule has 0 bridgehead atoms. The molecule has 1 heterocycles. The van der Waals surface area contributed by atoms with E-state index in [0.29, 0.717) is 18.5 Å². The molecule has 2 aromatic rings. The number of nitrogens with zero attached hydrogens (tertiary/aromatic N) is 1. The second-order valence-electron chi connectivity index (χ2n) is 6.41. The number of carbonyl (C=O) groups is 2. The largest absolute Gasteiger partial charge is 0.354 e. The summed E-state index contributed by atoms with van der Waals surface area (Å²) in [4.78, 5) is 30.9. The minimum Gasteiger partial charge on any atom is -0.354 e. The number of rotatable bonds is 6. The molecule has 3 rings (SSSR count). The third-order valence-electron chi connectivity index (χ3n) is 4.44. The number of nitrogens with one attached hydrogen (secondary N) is 2. The first-order valence-corrected chi connectivity index (χ1v) is 8.80. The lowest BCUT2D eigenvalue weighted by molar-refractivity contribution is -0.119. The summed E-state index contributed by atoms with van der Waals surface area (Å²) >= 11 is 0. The van der Waals surface area contributed by atoms with E-state index in [-0.39, 0.29) is 17.9 Å². The molecule has 27 heavy (non-hydrogen) atoms. The van der Waals surface area contributed by atoms with E-state index < -0.39 is 0 Å². The van der Waals surface area contributed by atoms with Gasteiger partial charge in [0.1, 0.15) is 0 Å². The lowest BCUT2D eigenvalue weighted by atomic mass is 10.0. The molecule has 6 nitrogen and oxygen atoms in total. The average Bonchev–Trinajstić information content (AvgIpc) is 3.10. The Balaban J connectivity index is 1.78. The number of carbonyl (C=O) groups excluding carboxylic acids is 2. The van der Waals surface area contributed by atoms with Crippen molar-refractivity contribution < 1.29 is 14.4 Å². The predicted octanol–water partition coefficient (Wildman–Crippen LogP) is 2.70. The Morgan fingerprint density at radius 1 is 1.07 bits per heavy atom. The fourth-order valence-corrected chi connectivity index (χ4v) is 3.12. The van der Waals surface area contributed by atoms with E-state index in [9.17, 15) is 9.59 Å². The number of amides is 2. The number of hydrogen-bond donors (Lipinski definition) is 2. The van der Waals surface area contributed by atoms with Crippen LogP contribution in [0.1, 0.15) is 23.7 Å². The Morgan fingerprint density at radius 2 is 1.74 bits per heavy atom. The van der Waals surface area contributed by atoms with Crippen molar-refractivity contribution in [1.29, 1.82) is 0 Å². The number of hydroxylamine groups is 1. The molecule has 2 aromatic carbocycles. The van der Waals surface area contributed by atoms with Gasteiger partial charge in [-0.05, 0) is 23.3 Å². The van der Waals surface area contributed by atoms with Crippen LogP contribution in [0.2, 0.25) is 0 Å². The normalized spacial score (nSPS) is 16.0. The van der Waals surface area contributed by atoms with E-state index in [2.05, 4.69) is 10.8 Å². The summed E-state index contributed by atoms with van der Waals surface area (Å²) in [6, 6.07) is 17.4. The molecule has 1 aliphatic rings. The topological polar surface area (TPSA) is 70.7 Å². The van der Waals surface area contributed by atoms with Gasteiger partial charge in [-0.25, -0.2) is 0 Å². The zero-order valence-electron chi connectivity index (χ0n) is 15.4. The molecule has 1 aliphatic heterocycles. The van der Waals surface area contributed by atoms with Gasteiger partial charge in [-0.2, -0.15) is 0 Å². The maximum Gasteiger partial charge on any atom is 0.258 e. The fourth-order valence-electron chi connectivity index (χ4n) is 3.12. The summed E-state index contributed by atoms with van der Waals surface area (Å²) in [5.74, 6) is -0.236. The highest BCUT2D eigenvalue weighted by atomic mass is 16.6. The first kappa shape index (κ1) is 18.7. The number of benzene rings is 2. The van der Waals surface area contributed by atoms with Crippen molar-refractivity contribution >= 4 is 11.8 Å². The Bertz CT molecular complexity index is 832. The fraction of sp³-hybridized carbons (Fsp3) is 0.238. The highest BCUT2D eigenvalue weighted by molar-refractivity contribution is 5.96. The summed E-state index contributed by atoms with van der Waals surface area (Å²) in [6.45, 7) is 1.85. The smallest absolute Gasteiger partial charge is 0.258 e. The monoisotopic (exact) mass is 365 g/mol. The molecular formula is C21H23N3O3. The summed E-state index contributed by atoms with van der Waals surface area (Å²) in [6.07, 6.45) is 2.32. The molecule has 0 aromatic heterocycles. The van der Waals surface area contributed by atoms with Crippen LogP contribution in [0.5, 0.6) is 0 Å². The SMILES string of the molecule is CONC1=CN(C(=O)c2ccc(-c3ccccc3)cc2)C(CNC(C)=O)C1. The number of hydrogen-bond acceptors (Lipinski definition) is 4. The summed E-state index contributed by atoms with van der Waals surface area (Å²) < 4.78 is 0. The van der Waals surface area contributed by atoms with Gasteiger partial charge in [0.15, 0.2) is 0 Å². The zero-order valence-corrected chi connectivity index (χ0v) is 15.4. The molecule has 0 saturated carbocycles. The highest BCUT2D eigenvalue weighted by Gasteiger charge is 2.30. The second-order valence-corrected chi connectivity index (χ2v) is 6.41. The molecule has 6 heteroatoms.